The Hall–Kier alpha value is -2.06. The zero-order valence-corrected chi connectivity index (χ0v) is 12.3. The average Bonchev–Trinajstić information content (AvgIpc) is 2.56. The predicted molar refractivity (Wildman–Crippen MR) is 87.0 cm³/mol. The van der Waals surface area contributed by atoms with Crippen molar-refractivity contribution in [3.8, 4) is 0 Å². The summed E-state index contributed by atoms with van der Waals surface area (Å²) in [5.74, 6) is -0.199. The molecule has 0 saturated heterocycles. The summed E-state index contributed by atoms with van der Waals surface area (Å²) >= 11 is 1.74. The second-order valence-electron chi connectivity index (χ2n) is 4.77. The molecule has 0 aromatic heterocycles. The smallest absolute Gasteiger partial charge is 0.123 e. The molecule has 0 atom stereocenters. The number of rotatable bonds is 4. The van der Waals surface area contributed by atoms with Gasteiger partial charge in [-0.15, -0.1) is 11.8 Å². The molecule has 0 nitrogen and oxygen atoms in total. The van der Waals surface area contributed by atoms with E-state index < -0.39 is 0 Å². The monoisotopic (exact) mass is 294 g/mol. The number of hydrogen-bond donors (Lipinski definition) is 0. The van der Waals surface area contributed by atoms with Gasteiger partial charge in [0.2, 0.25) is 0 Å². The SMILES string of the molecule is Fc1ccc(SC(c2ccccc2)c2ccccc2)cc1. The van der Waals surface area contributed by atoms with Crippen LogP contribution in [0.3, 0.4) is 0 Å². The summed E-state index contributed by atoms with van der Waals surface area (Å²) in [4.78, 5) is 1.06. The van der Waals surface area contributed by atoms with Crippen molar-refractivity contribution in [1.82, 2.24) is 0 Å². The number of benzene rings is 3. The van der Waals surface area contributed by atoms with Gasteiger partial charge >= 0.3 is 0 Å². The minimum absolute atomic E-state index is 0.199. The molecule has 0 aliphatic rings. The van der Waals surface area contributed by atoms with Gasteiger partial charge in [0.15, 0.2) is 0 Å². The van der Waals surface area contributed by atoms with Crippen LogP contribution in [-0.4, -0.2) is 0 Å². The first-order valence-electron chi connectivity index (χ1n) is 6.85. The molecule has 0 spiro atoms. The zero-order chi connectivity index (χ0) is 14.5. The first-order chi connectivity index (χ1) is 10.3. The summed E-state index contributed by atoms with van der Waals surface area (Å²) in [6, 6.07) is 27.5. The van der Waals surface area contributed by atoms with Crippen LogP contribution < -0.4 is 0 Å². The quantitative estimate of drug-likeness (QED) is 0.556. The van der Waals surface area contributed by atoms with E-state index in [-0.39, 0.29) is 11.1 Å². The maximum atomic E-state index is 13.1. The summed E-state index contributed by atoms with van der Waals surface area (Å²) in [5.41, 5.74) is 2.50. The maximum absolute atomic E-state index is 13.1. The van der Waals surface area contributed by atoms with Crippen molar-refractivity contribution in [3.05, 3.63) is 102 Å². The van der Waals surface area contributed by atoms with Gasteiger partial charge in [0.05, 0.1) is 5.25 Å². The Morgan fingerprint density at radius 1 is 0.619 bits per heavy atom. The highest BCUT2D eigenvalue weighted by molar-refractivity contribution is 7.99. The molecule has 0 radical (unpaired) electrons. The minimum atomic E-state index is -0.199. The molecule has 0 bridgehead atoms. The van der Waals surface area contributed by atoms with Crippen molar-refractivity contribution in [1.29, 1.82) is 0 Å². The van der Waals surface area contributed by atoms with E-state index >= 15 is 0 Å². The van der Waals surface area contributed by atoms with Gasteiger partial charge in [0, 0.05) is 4.90 Å². The lowest BCUT2D eigenvalue weighted by Gasteiger charge is -2.17. The third-order valence-electron chi connectivity index (χ3n) is 3.27. The molecule has 104 valence electrons. The molecule has 0 saturated carbocycles. The summed E-state index contributed by atoms with van der Waals surface area (Å²) in [6.07, 6.45) is 0. The van der Waals surface area contributed by atoms with E-state index in [1.54, 1.807) is 11.8 Å². The third kappa shape index (κ3) is 3.53. The fraction of sp³-hybridized carbons (Fsp3) is 0.0526. The van der Waals surface area contributed by atoms with E-state index in [1.165, 1.54) is 23.3 Å². The molecule has 0 amide bonds. The Morgan fingerprint density at radius 2 is 1.10 bits per heavy atom. The molecule has 0 aliphatic carbocycles. The van der Waals surface area contributed by atoms with Gasteiger partial charge in [0.1, 0.15) is 5.82 Å². The molecule has 3 aromatic rings. The van der Waals surface area contributed by atoms with Crippen molar-refractivity contribution in [2.45, 2.75) is 10.1 Å². The second kappa shape index (κ2) is 6.59. The average molecular weight is 294 g/mol. The first kappa shape index (κ1) is 13.9. The fourth-order valence-electron chi connectivity index (χ4n) is 2.23. The third-order valence-corrected chi connectivity index (χ3v) is 4.60. The normalized spacial score (nSPS) is 10.8. The lowest BCUT2D eigenvalue weighted by atomic mass is 10.0. The largest absolute Gasteiger partial charge is 0.207 e. The molecule has 0 aliphatic heterocycles. The molecule has 0 unspecified atom stereocenters. The van der Waals surface area contributed by atoms with E-state index in [9.17, 15) is 4.39 Å². The van der Waals surface area contributed by atoms with Gasteiger partial charge in [-0.2, -0.15) is 0 Å². The minimum Gasteiger partial charge on any atom is -0.207 e. The number of halogens is 1. The van der Waals surface area contributed by atoms with Gasteiger partial charge in [-0.3, -0.25) is 0 Å². The topological polar surface area (TPSA) is 0 Å². The highest BCUT2D eigenvalue weighted by Crippen LogP contribution is 2.40. The van der Waals surface area contributed by atoms with Gasteiger partial charge in [-0.05, 0) is 35.4 Å². The van der Waals surface area contributed by atoms with Crippen LogP contribution in [0.1, 0.15) is 16.4 Å². The molecule has 2 heteroatoms. The summed E-state index contributed by atoms with van der Waals surface area (Å²) < 4.78 is 13.1. The van der Waals surface area contributed by atoms with Crippen LogP contribution in [0.2, 0.25) is 0 Å². The molecule has 0 fully saturated rings. The van der Waals surface area contributed by atoms with Crippen LogP contribution in [0.4, 0.5) is 4.39 Å². The highest BCUT2D eigenvalue weighted by atomic mass is 32.2. The predicted octanol–water partition coefficient (Wildman–Crippen LogP) is 5.71. The Kier molecular flexibility index (Phi) is 4.37. The summed E-state index contributed by atoms with van der Waals surface area (Å²) in [7, 11) is 0. The van der Waals surface area contributed by atoms with Crippen LogP contribution >= 0.6 is 11.8 Å². The molecule has 0 heterocycles. The lowest BCUT2D eigenvalue weighted by molar-refractivity contribution is 0.626. The van der Waals surface area contributed by atoms with E-state index in [1.807, 2.05) is 24.3 Å². The van der Waals surface area contributed by atoms with Crippen molar-refractivity contribution in [3.63, 3.8) is 0 Å². The van der Waals surface area contributed by atoms with Gasteiger partial charge in [-0.1, -0.05) is 60.7 Å². The first-order valence-corrected chi connectivity index (χ1v) is 7.73. The van der Waals surface area contributed by atoms with Gasteiger partial charge in [-0.25, -0.2) is 4.39 Å². The second-order valence-corrected chi connectivity index (χ2v) is 5.95. The molecule has 3 rings (SSSR count). The molecular weight excluding hydrogens is 279 g/mol. The molecule has 0 N–H and O–H groups in total. The standard InChI is InChI=1S/C19H15FS/c20-17-11-13-18(14-12-17)21-19(15-7-3-1-4-8-15)16-9-5-2-6-10-16/h1-14,19H. The van der Waals surface area contributed by atoms with Crippen molar-refractivity contribution in [2.24, 2.45) is 0 Å². The lowest BCUT2D eigenvalue weighted by Crippen LogP contribution is -1.96. The van der Waals surface area contributed by atoms with Gasteiger partial charge in [0.25, 0.3) is 0 Å². The maximum Gasteiger partial charge on any atom is 0.123 e. The molecular formula is C19H15FS. The van der Waals surface area contributed by atoms with Crippen LogP contribution in [0.25, 0.3) is 0 Å². The highest BCUT2D eigenvalue weighted by Gasteiger charge is 2.15. The number of hydrogen-bond acceptors (Lipinski definition) is 1. The summed E-state index contributed by atoms with van der Waals surface area (Å²) in [6.45, 7) is 0. The Morgan fingerprint density at radius 3 is 1.57 bits per heavy atom. The van der Waals surface area contributed by atoms with Gasteiger partial charge < -0.3 is 0 Å². The molecule has 21 heavy (non-hydrogen) atoms. The van der Waals surface area contributed by atoms with Crippen molar-refractivity contribution in [2.75, 3.05) is 0 Å². The van der Waals surface area contributed by atoms with Crippen LogP contribution in [0, 0.1) is 5.82 Å². The van der Waals surface area contributed by atoms with E-state index in [0.717, 1.165) is 4.90 Å². The van der Waals surface area contributed by atoms with E-state index in [2.05, 4.69) is 48.5 Å². The molecule has 3 aromatic carbocycles. The number of thioether (sulfide) groups is 1. The Balaban J connectivity index is 1.95. The van der Waals surface area contributed by atoms with Crippen molar-refractivity contribution >= 4 is 11.8 Å². The van der Waals surface area contributed by atoms with Crippen LogP contribution in [-0.2, 0) is 0 Å². The Bertz CT molecular complexity index is 638. The van der Waals surface area contributed by atoms with E-state index in [0.29, 0.717) is 0 Å². The van der Waals surface area contributed by atoms with E-state index in [4.69, 9.17) is 0 Å². The summed E-state index contributed by atoms with van der Waals surface area (Å²) in [5, 5.41) is 0.206. The fourth-order valence-corrected chi connectivity index (χ4v) is 3.39. The van der Waals surface area contributed by atoms with Crippen molar-refractivity contribution < 1.29 is 4.39 Å². The van der Waals surface area contributed by atoms with Crippen LogP contribution in [0.5, 0.6) is 0 Å². The Labute approximate surface area is 128 Å². The zero-order valence-electron chi connectivity index (χ0n) is 11.4. The van der Waals surface area contributed by atoms with Crippen LogP contribution in [0.15, 0.2) is 89.8 Å².